The van der Waals surface area contributed by atoms with Crippen LogP contribution in [0.25, 0.3) is 21.9 Å². The fourth-order valence-corrected chi connectivity index (χ4v) is 5.98. The van der Waals surface area contributed by atoms with E-state index in [-0.39, 0.29) is 17.7 Å². The smallest absolute Gasteiger partial charge is 0.410 e. The molecule has 3 heterocycles. The largest absolute Gasteiger partial charge is 0.444 e. The lowest BCUT2D eigenvalue weighted by atomic mass is 10.0. The second-order valence-electron chi connectivity index (χ2n) is 11.7. The van der Waals surface area contributed by atoms with E-state index in [1.807, 2.05) is 51.1 Å². The van der Waals surface area contributed by atoms with Crippen molar-refractivity contribution in [2.45, 2.75) is 45.9 Å². The summed E-state index contributed by atoms with van der Waals surface area (Å²) < 4.78 is 12.4. The van der Waals surface area contributed by atoms with Gasteiger partial charge >= 0.3 is 6.09 Å². The van der Waals surface area contributed by atoms with E-state index in [0.29, 0.717) is 31.0 Å². The van der Waals surface area contributed by atoms with Gasteiger partial charge < -0.3 is 24.6 Å². The predicted octanol–water partition coefficient (Wildman–Crippen LogP) is 6.04. The lowest BCUT2D eigenvalue weighted by molar-refractivity contribution is 0.0285. The number of carbonyl (C=O) groups is 1. The minimum atomic E-state index is -0.550. The topological polar surface area (TPSA) is 88.9 Å². The third kappa shape index (κ3) is 6.60. The molecule has 0 bridgehead atoms. The highest BCUT2D eigenvalue weighted by atomic mass is 32.1. The van der Waals surface area contributed by atoms with E-state index in [1.165, 1.54) is 4.68 Å². The summed E-state index contributed by atoms with van der Waals surface area (Å²) in [7, 11) is 3.44. The standard InChI is InChI=1S/C32H39N5O4S/c1-21(33-29-27-18-24(37-13-15-40-16-14-37)11-12-26(27)30(38)36(6)34-29)28-17-23(20-42-28)25-10-8-7-9-22(25)19-35(5)31(39)41-32(2,3)4/h7-12,17-18,20-21H,13-16,19H2,1-6H3,(H,33,34)/t21-/m1/s1. The van der Waals surface area contributed by atoms with Crippen molar-refractivity contribution in [1.82, 2.24) is 14.7 Å². The molecule has 1 aliphatic rings. The van der Waals surface area contributed by atoms with Gasteiger partial charge in [-0.25, -0.2) is 9.48 Å². The molecule has 2 aromatic heterocycles. The number of morpholine rings is 1. The summed E-state index contributed by atoms with van der Waals surface area (Å²) in [5.41, 5.74) is 3.59. The minimum absolute atomic E-state index is 0.0550. The molecule has 0 unspecified atom stereocenters. The molecular formula is C32H39N5O4S. The van der Waals surface area contributed by atoms with Crippen LogP contribution in [-0.4, -0.2) is 59.7 Å². The molecule has 1 saturated heterocycles. The van der Waals surface area contributed by atoms with Gasteiger partial charge in [-0.15, -0.1) is 11.3 Å². The second kappa shape index (κ2) is 12.1. The van der Waals surface area contributed by atoms with Gasteiger partial charge in [-0.3, -0.25) is 4.79 Å². The Kier molecular flexibility index (Phi) is 8.56. The van der Waals surface area contributed by atoms with E-state index >= 15 is 0 Å². The van der Waals surface area contributed by atoms with Crippen LogP contribution in [0.5, 0.6) is 0 Å². The molecule has 5 rings (SSSR count). The number of hydrogen-bond donors (Lipinski definition) is 1. The number of thiophene rings is 1. The number of hydrogen-bond acceptors (Lipinski definition) is 8. The highest BCUT2D eigenvalue weighted by molar-refractivity contribution is 7.10. The third-order valence-corrected chi connectivity index (χ3v) is 8.36. The average Bonchev–Trinajstić information content (AvgIpc) is 3.46. The monoisotopic (exact) mass is 589 g/mol. The lowest BCUT2D eigenvalue weighted by Crippen LogP contribution is -2.36. The van der Waals surface area contributed by atoms with Crippen LogP contribution in [0.4, 0.5) is 16.3 Å². The number of nitrogens with zero attached hydrogens (tertiary/aromatic N) is 4. The molecule has 1 amide bonds. The van der Waals surface area contributed by atoms with Crippen LogP contribution < -0.4 is 15.8 Å². The zero-order valence-corrected chi connectivity index (χ0v) is 26.0. The summed E-state index contributed by atoms with van der Waals surface area (Å²) in [6.45, 7) is 11.1. The van der Waals surface area contributed by atoms with Gasteiger partial charge in [0, 0.05) is 49.7 Å². The Hall–Kier alpha value is -3.89. The quantitative estimate of drug-likeness (QED) is 0.281. The number of amides is 1. The molecule has 9 nitrogen and oxygen atoms in total. The summed E-state index contributed by atoms with van der Waals surface area (Å²) in [6, 6.07) is 16.2. The number of aryl methyl sites for hydroxylation is 1. The van der Waals surface area contributed by atoms with E-state index in [0.717, 1.165) is 45.7 Å². The van der Waals surface area contributed by atoms with Crippen LogP contribution in [0.1, 0.15) is 44.2 Å². The van der Waals surface area contributed by atoms with E-state index in [9.17, 15) is 9.59 Å². The summed E-state index contributed by atoms with van der Waals surface area (Å²) in [5.74, 6) is 0.670. The maximum Gasteiger partial charge on any atom is 0.410 e. The summed E-state index contributed by atoms with van der Waals surface area (Å²) >= 11 is 1.67. The van der Waals surface area contributed by atoms with Gasteiger partial charge in [0.25, 0.3) is 5.56 Å². The van der Waals surface area contributed by atoms with Gasteiger partial charge in [-0.05, 0) is 74.0 Å². The van der Waals surface area contributed by atoms with Gasteiger partial charge in [0.15, 0.2) is 5.82 Å². The van der Waals surface area contributed by atoms with Crippen LogP contribution in [0.2, 0.25) is 0 Å². The van der Waals surface area contributed by atoms with Crippen molar-refractivity contribution in [3.8, 4) is 11.1 Å². The van der Waals surface area contributed by atoms with Gasteiger partial charge in [0.2, 0.25) is 0 Å². The predicted molar refractivity (Wildman–Crippen MR) is 170 cm³/mol. The zero-order valence-electron chi connectivity index (χ0n) is 25.1. The van der Waals surface area contributed by atoms with Crippen molar-refractivity contribution in [3.05, 3.63) is 74.7 Å². The normalized spacial score (nSPS) is 14.6. The molecule has 2 aromatic carbocycles. The zero-order chi connectivity index (χ0) is 30.0. The Morgan fingerprint density at radius 1 is 1.14 bits per heavy atom. The summed E-state index contributed by atoms with van der Waals surface area (Å²) in [6.07, 6.45) is -0.352. The molecule has 4 aromatic rings. The number of anilines is 2. The van der Waals surface area contributed by atoms with Gasteiger partial charge in [0.05, 0.1) is 24.6 Å². The van der Waals surface area contributed by atoms with Crippen LogP contribution in [-0.2, 0) is 23.1 Å². The van der Waals surface area contributed by atoms with Gasteiger partial charge in [-0.2, -0.15) is 5.10 Å². The molecule has 0 radical (unpaired) electrons. The van der Waals surface area contributed by atoms with E-state index in [2.05, 4.69) is 45.8 Å². The van der Waals surface area contributed by atoms with Crippen molar-refractivity contribution in [3.63, 3.8) is 0 Å². The Labute approximate surface area is 250 Å². The van der Waals surface area contributed by atoms with Crippen LogP contribution in [0.3, 0.4) is 0 Å². The first-order chi connectivity index (χ1) is 20.0. The first-order valence-electron chi connectivity index (χ1n) is 14.2. The number of aromatic nitrogens is 2. The molecule has 1 fully saturated rings. The maximum atomic E-state index is 12.9. The summed E-state index contributed by atoms with van der Waals surface area (Å²) in [4.78, 5) is 30.5. The van der Waals surface area contributed by atoms with E-state index < -0.39 is 5.60 Å². The molecular weight excluding hydrogens is 550 g/mol. The molecule has 10 heteroatoms. The van der Waals surface area contributed by atoms with Crippen LogP contribution in [0, 0.1) is 0 Å². The fraction of sp³-hybridized carbons (Fsp3) is 0.406. The van der Waals surface area contributed by atoms with Crippen molar-refractivity contribution < 1.29 is 14.3 Å². The fourth-order valence-electron chi connectivity index (χ4n) is 5.06. The molecule has 1 atom stereocenters. The van der Waals surface area contributed by atoms with Gasteiger partial charge in [-0.1, -0.05) is 24.3 Å². The number of carbonyl (C=O) groups excluding carboxylic acids is 1. The summed E-state index contributed by atoms with van der Waals surface area (Å²) in [5, 5.41) is 11.8. The molecule has 0 spiro atoms. The first kappa shape index (κ1) is 29.6. The third-order valence-electron chi connectivity index (χ3n) is 7.25. The Bertz CT molecular complexity index is 1630. The highest BCUT2D eigenvalue weighted by Crippen LogP contribution is 2.34. The van der Waals surface area contributed by atoms with E-state index in [4.69, 9.17) is 9.47 Å². The number of benzene rings is 2. The molecule has 1 aliphatic heterocycles. The van der Waals surface area contributed by atoms with Crippen molar-refractivity contribution in [2.75, 3.05) is 43.6 Å². The minimum Gasteiger partial charge on any atom is -0.444 e. The Morgan fingerprint density at radius 2 is 1.88 bits per heavy atom. The van der Waals surface area contributed by atoms with Crippen LogP contribution in [0.15, 0.2) is 58.7 Å². The van der Waals surface area contributed by atoms with Crippen molar-refractivity contribution >= 4 is 39.7 Å². The molecule has 0 aliphatic carbocycles. The Morgan fingerprint density at radius 3 is 2.62 bits per heavy atom. The molecule has 222 valence electrons. The highest BCUT2D eigenvalue weighted by Gasteiger charge is 2.21. The number of ether oxygens (including phenoxy) is 2. The molecule has 1 N–H and O–H groups in total. The average molecular weight is 590 g/mol. The van der Waals surface area contributed by atoms with Gasteiger partial charge in [0.1, 0.15) is 5.60 Å². The van der Waals surface area contributed by atoms with Crippen molar-refractivity contribution in [1.29, 1.82) is 0 Å². The SMILES string of the molecule is C[C@@H](Nc1nn(C)c(=O)c2ccc(N3CCOCC3)cc12)c1cc(-c2ccccc2CN(C)C(=O)OC(C)(C)C)cs1. The molecule has 0 saturated carbocycles. The number of rotatable bonds is 7. The second-order valence-corrected chi connectivity index (χ2v) is 12.6. The first-order valence-corrected chi connectivity index (χ1v) is 15.1. The molecule has 42 heavy (non-hydrogen) atoms. The number of nitrogens with one attached hydrogen (secondary N) is 1. The Balaban J connectivity index is 1.39. The number of fused-ring (bicyclic) bond motifs is 1. The van der Waals surface area contributed by atoms with Crippen molar-refractivity contribution in [2.24, 2.45) is 7.05 Å². The van der Waals surface area contributed by atoms with E-state index in [1.54, 1.807) is 30.3 Å². The maximum absolute atomic E-state index is 12.9. The lowest BCUT2D eigenvalue weighted by Gasteiger charge is -2.29. The van der Waals surface area contributed by atoms with Crippen LogP contribution >= 0.6 is 11.3 Å².